The lowest BCUT2D eigenvalue weighted by Crippen LogP contribution is -2.27. The van der Waals surface area contributed by atoms with Crippen molar-refractivity contribution in [3.8, 4) is 0 Å². The van der Waals surface area contributed by atoms with Gasteiger partial charge >= 0.3 is 0 Å². The van der Waals surface area contributed by atoms with Crippen molar-refractivity contribution in [3.63, 3.8) is 0 Å². The van der Waals surface area contributed by atoms with Crippen LogP contribution < -0.4 is 10.5 Å². The maximum atomic E-state index is 12.0. The second-order valence-electron chi connectivity index (χ2n) is 4.25. The number of aryl methyl sites for hydroxylation is 1. The maximum Gasteiger partial charge on any atom is 0.240 e. The van der Waals surface area contributed by atoms with Crippen molar-refractivity contribution in [3.05, 3.63) is 42.2 Å². The SMILES string of the molecule is Cc1cccc(S(=O)(=O)NCCn2cc(N)cn2)c1. The van der Waals surface area contributed by atoms with Crippen molar-refractivity contribution in [2.45, 2.75) is 18.4 Å². The molecule has 0 fully saturated rings. The molecule has 0 amide bonds. The zero-order valence-electron chi connectivity index (χ0n) is 10.6. The fraction of sp³-hybridized carbons (Fsp3) is 0.250. The Kier molecular flexibility index (Phi) is 3.87. The number of hydrogen-bond acceptors (Lipinski definition) is 4. The van der Waals surface area contributed by atoms with Crippen LogP contribution >= 0.6 is 0 Å². The van der Waals surface area contributed by atoms with E-state index in [9.17, 15) is 8.42 Å². The van der Waals surface area contributed by atoms with E-state index in [4.69, 9.17) is 5.73 Å². The van der Waals surface area contributed by atoms with Crippen LogP contribution in [0.5, 0.6) is 0 Å². The highest BCUT2D eigenvalue weighted by Crippen LogP contribution is 2.10. The van der Waals surface area contributed by atoms with Crippen LogP contribution in [0.3, 0.4) is 0 Å². The first kappa shape index (κ1) is 13.6. The lowest BCUT2D eigenvalue weighted by molar-refractivity contribution is 0.561. The van der Waals surface area contributed by atoms with Crippen LogP contribution in [-0.2, 0) is 16.6 Å². The summed E-state index contributed by atoms with van der Waals surface area (Å²) in [7, 11) is -3.47. The molecule has 1 aromatic carbocycles. The van der Waals surface area contributed by atoms with Crippen LogP contribution in [0, 0.1) is 6.92 Å². The van der Waals surface area contributed by atoms with E-state index in [0.29, 0.717) is 12.2 Å². The van der Waals surface area contributed by atoms with Gasteiger partial charge in [-0.3, -0.25) is 4.68 Å². The van der Waals surface area contributed by atoms with Crippen LogP contribution in [-0.4, -0.2) is 24.7 Å². The summed E-state index contributed by atoms with van der Waals surface area (Å²) < 4.78 is 28.2. The van der Waals surface area contributed by atoms with Crippen molar-refractivity contribution in [1.82, 2.24) is 14.5 Å². The van der Waals surface area contributed by atoms with Gasteiger partial charge in [-0.05, 0) is 24.6 Å². The van der Waals surface area contributed by atoms with Crippen LogP contribution in [0.4, 0.5) is 5.69 Å². The molecular weight excluding hydrogens is 264 g/mol. The lowest BCUT2D eigenvalue weighted by atomic mass is 10.2. The van der Waals surface area contributed by atoms with E-state index < -0.39 is 10.0 Å². The second-order valence-corrected chi connectivity index (χ2v) is 6.02. The van der Waals surface area contributed by atoms with E-state index in [-0.39, 0.29) is 11.4 Å². The summed E-state index contributed by atoms with van der Waals surface area (Å²) in [4.78, 5) is 0.271. The number of sulfonamides is 1. The summed E-state index contributed by atoms with van der Waals surface area (Å²) in [6, 6.07) is 6.78. The van der Waals surface area contributed by atoms with Gasteiger partial charge in [-0.1, -0.05) is 12.1 Å². The Morgan fingerprint density at radius 1 is 1.42 bits per heavy atom. The summed E-state index contributed by atoms with van der Waals surface area (Å²) in [6.07, 6.45) is 3.18. The zero-order chi connectivity index (χ0) is 13.9. The Balaban J connectivity index is 1.98. The third-order valence-electron chi connectivity index (χ3n) is 2.59. The molecule has 1 heterocycles. The summed E-state index contributed by atoms with van der Waals surface area (Å²) in [6.45, 7) is 2.55. The molecule has 3 N–H and O–H groups in total. The zero-order valence-corrected chi connectivity index (χ0v) is 11.4. The van der Waals surface area contributed by atoms with Crippen molar-refractivity contribution in [1.29, 1.82) is 0 Å². The molecule has 19 heavy (non-hydrogen) atoms. The number of aromatic nitrogens is 2. The Bertz CT molecular complexity index is 664. The van der Waals surface area contributed by atoms with Gasteiger partial charge in [0.05, 0.1) is 23.3 Å². The van der Waals surface area contributed by atoms with Crippen LogP contribution in [0.15, 0.2) is 41.6 Å². The Hall–Kier alpha value is -1.86. The first-order valence-corrected chi connectivity index (χ1v) is 7.30. The van der Waals surface area contributed by atoms with Gasteiger partial charge in [0.15, 0.2) is 0 Å². The number of rotatable bonds is 5. The van der Waals surface area contributed by atoms with Crippen molar-refractivity contribution < 1.29 is 8.42 Å². The minimum Gasteiger partial charge on any atom is -0.396 e. The predicted octanol–water partition coefficient (Wildman–Crippen LogP) is 0.752. The predicted molar refractivity (Wildman–Crippen MR) is 73.0 cm³/mol. The molecule has 0 saturated carbocycles. The lowest BCUT2D eigenvalue weighted by Gasteiger charge is -2.07. The Morgan fingerprint density at radius 3 is 2.84 bits per heavy atom. The van der Waals surface area contributed by atoms with E-state index in [2.05, 4.69) is 9.82 Å². The molecule has 0 atom stereocenters. The first-order chi connectivity index (χ1) is 8.97. The molecule has 0 aliphatic rings. The monoisotopic (exact) mass is 280 g/mol. The van der Waals surface area contributed by atoms with E-state index >= 15 is 0 Å². The molecule has 0 saturated heterocycles. The van der Waals surface area contributed by atoms with Gasteiger partial charge in [0.1, 0.15) is 0 Å². The highest BCUT2D eigenvalue weighted by atomic mass is 32.2. The van der Waals surface area contributed by atoms with Crippen LogP contribution in [0.1, 0.15) is 5.56 Å². The minimum atomic E-state index is -3.47. The summed E-state index contributed by atoms with van der Waals surface area (Å²) in [5.41, 5.74) is 6.98. The van der Waals surface area contributed by atoms with Gasteiger partial charge in [0.2, 0.25) is 10.0 Å². The van der Waals surface area contributed by atoms with Crippen LogP contribution in [0.2, 0.25) is 0 Å². The summed E-state index contributed by atoms with van der Waals surface area (Å²) in [5.74, 6) is 0. The molecule has 0 bridgehead atoms. The molecule has 0 unspecified atom stereocenters. The Morgan fingerprint density at radius 2 is 2.21 bits per heavy atom. The largest absolute Gasteiger partial charge is 0.396 e. The highest BCUT2D eigenvalue weighted by Gasteiger charge is 2.13. The standard InChI is InChI=1S/C12H16N4O2S/c1-10-3-2-4-12(7-10)19(17,18)15-5-6-16-9-11(13)8-14-16/h2-4,7-9,15H,5-6,13H2,1H3. The average Bonchev–Trinajstić information content (AvgIpc) is 2.75. The third kappa shape index (κ3) is 3.55. The molecule has 0 spiro atoms. The number of anilines is 1. The quantitative estimate of drug-likeness (QED) is 0.845. The molecule has 102 valence electrons. The Labute approximate surface area is 112 Å². The molecule has 2 aromatic rings. The fourth-order valence-corrected chi connectivity index (χ4v) is 2.79. The van der Waals surface area contributed by atoms with Gasteiger partial charge < -0.3 is 5.73 Å². The number of nitrogens with two attached hydrogens (primary N) is 1. The molecular formula is C12H16N4O2S. The molecule has 0 aliphatic carbocycles. The van der Waals surface area contributed by atoms with E-state index in [1.807, 2.05) is 13.0 Å². The van der Waals surface area contributed by atoms with Crippen molar-refractivity contribution in [2.24, 2.45) is 0 Å². The number of hydrogen-bond donors (Lipinski definition) is 2. The van der Waals surface area contributed by atoms with Crippen molar-refractivity contribution >= 4 is 15.7 Å². The number of nitrogens with zero attached hydrogens (tertiary/aromatic N) is 2. The molecule has 7 heteroatoms. The number of benzene rings is 1. The molecule has 0 radical (unpaired) electrons. The number of nitrogen functional groups attached to an aromatic ring is 1. The van der Waals surface area contributed by atoms with Gasteiger partial charge in [-0.2, -0.15) is 5.10 Å². The first-order valence-electron chi connectivity index (χ1n) is 5.82. The number of nitrogens with one attached hydrogen (secondary N) is 1. The maximum absolute atomic E-state index is 12.0. The van der Waals surface area contributed by atoms with E-state index in [1.54, 1.807) is 29.1 Å². The highest BCUT2D eigenvalue weighted by molar-refractivity contribution is 7.89. The second kappa shape index (κ2) is 5.41. The molecule has 6 nitrogen and oxygen atoms in total. The fourth-order valence-electron chi connectivity index (χ4n) is 1.66. The molecule has 2 rings (SSSR count). The van der Waals surface area contributed by atoms with Gasteiger partial charge in [-0.15, -0.1) is 0 Å². The molecule has 0 aliphatic heterocycles. The van der Waals surface area contributed by atoms with E-state index in [0.717, 1.165) is 5.56 Å². The third-order valence-corrected chi connectivity index (χ3v) is 4.04. The summed E-state index contributed by atoms with van der Waals surface area (Å²) in [5, 5.41) is 3.98. The summed E-state index contributed by atoms with van der Waals surface area (Å²) >= 11 is 0. The van der Waals surface area contributed by atoms with Gasteiger partial charge in [-0.25, -0.2) is 13.1 Å². The molecule has 1 aromatic heterocycles. The topological polar surface area (TPSA) is 90.0 Å². The normalized spacial score (nSPS) is 11.6. The smallest absolute Gasteiger partial charge is 0.240 e. The van der Waals surface area contributed by atoms with Gasteiger partial charge in [0, 0.05) is 12.7 Å². The van der Waals surface area contributed by atoms with Crippen molar-refractivity contribution in [2.75, 3.05) is 12.3 Å². The van der Waals surface area contributed by atoms with Crippen LogP contribution in [0.25, 0.3) is 0 Å². The average molecular weight is 280 g/mol. The van der Waals surface area contributed by atoms with Gasteiger partial charge in [0.25, 0.3) is 0 Å². The minimum absolute atomic E-state index is 0.261. The van der Waals surface area contributed by atoms with E-state index in [1.165, 1.54) is 6.20 Å².